The molecule has 0 saturated carbocycles. The molecule has 196 valence electrons. The highest BCUT2D eigenvalue weighted by atomic mass is 19.4. The van der Waals surface area contributed by atoms with Crippen molar-refractivity contribution in [2.24, 2.45) is 0 Å². The van der Waals surface area contributed by atoms with Crippen LogP contribution < -0.4 is 4.74 Å². The minimum atomic E-state index is -5.00. The lowest BCUT2D eigenvalue weighted by atomic mass is 10.1. The second-order valence-corrected chi connectivity index (χ2v) is 8.40. The van der Waals surface area contributed by atoms with E-state index in [0.717, 1.165) is 12.1 Å². The molecule has 0 fully saturated rings. The molecule has 0 unspecified atom stereocenters. The maximum absolute atomic E-state index is 13.6. The van der Waals surface area contributed by atoms with Gasteiger partial charge in [-0.05, 0) is 37.3 Å². The minimum Gasteiger partial charge on any atom is -0.481 e. The quantitative estimate of drug-likeness (QED) is 0.297. The van der Waals surface area contributed by atoms with Crippen molar-refractivity contribution in [3.63, 3.8) is 0 Å². The van der Waals surface area contributed by atoms with Crippen molar-refractivity contribution < 1.29 is 40.4 Å². The largest absolute Gasteiger partial charge is 0.481 e. The molecule has 1 atom stereocenters. The fourth-order valence-electron chi connectivity index (χ4n) is 3.54. The number of aromatic nitrogens is 3. The molecular weight excluding hydrogens is 506 g/mol. The van der Waals surface area contributed by atoms with Crippen LogP contribution in [0.4, 0.5) is 26.3 Å². The molecule has 0 aliphatic heterocycles. The summed E-state index contributed by atoms with van der Waals surface area (Å²) in [5, 5.41) is 4.56. The number of alkyl halides is 6. The molecule has 0 aliphatic rings. The normalized spacial score (nSPS) is 13.1. The number of rotatable bonds is 6. The van der Waals surface area contributed by atoms with Crippen molar-refractivity contribution in [1.82, 2.24) is 19.6 Å². The van der Waals surface area contributed by atoms with E-state index < -0.39 is 29.8 Å². The number of carbonyl (C=O) groups is 1. The number of nitrogens with zero attached hydrogens (tertiary/aromatic N) is 4. The second-order valence-electron chi connectivity index (χ2n) is 8.40. The van der Waals surface area contributed by atoms with Gasteiger partial charge in [-0.1, -0.05) is 17.3 Å². The van der Waals surface area contributed by atoms with Gasteiger partial charge < -0.3 is 18.7 Å². The van der Waals surface area contributed by atoms with Gasteiger partial charge in [0.1, 0.15) is 12.3 Å². The summed E-state index contributed by atoms with van der Waals surface area (Å²) in [6.45, 7) is 0.710. The van der Waals surface area contributed by atoms with Crippen molar-refractivity contribution in [2.45, 2.75) is 31.9 Å². The average Bonchev–Trinajstić information content (AvgIpc) is 3.45. The standard InChI is InChI=1S/C24H20F6N4O3/c1-13(23(25,26)27)36-19-8-7-14(11-17(19)24(28,29)30)22-31-21(32-37-22)16-5-4-6-18-15(16)9-10-34(18)12-20(35)33(2)3/h4-11,13H,12H2,1-3H3/t13-/m0/s1. The summed E-state index contributed by atoms with van der Waals surface area (Å²) in [5.74, 6) is -1.28. The number of ether oxygens (including phenoxy) is 1. The summed E-state index contributed by atoms with van der Waals surface area (Å²) in [6, 6.07) is 9.42. The first-order valence-electron chi connectivity index (χ1n) is 10.8. The zero-order valence-corrected chi connectivity index (χ0v) is 19.7. The number of hydrogen-bond acceptors (Lipinski definition) is 5. The Balaban J connectivity index is 1.69. The fourth-order valence-corrected chi connectivity index (χ4v) is 3.54. The van der Waals surface area contributed by atoms with Crippen LogP contribution >= 0.6 is 0 Å². The molecule has 4 aromatic rings. The van der Waals surface area contributed by atoms with Crippen LogP contribution in [0.25, 0.3) is 33.7 Å². The van der Waals surface area contributed by atoms with Crippen molar-refractivity contribution in [2.75, 3.05) is 14.1 Å². The Morgan fingerprint density at radius 1 is 1.11 bits per heavy atom. The predicted octanol–water partition coefficient (Wildman–Crippen LogP) is 5.79. The highest BCUT2D eigenvalue weighted by molar-refractivity contribution is 5.94. The average molecular weight is 526 g/mol. The van der Waals surface area contributed by atoms with E-state index in [-0.39, 0.29) is 29.7 Å². The van der Waals surface area contributed by atoms with Gasteiger partial charge in [-0.2, -0.15) is 31.3 Å². The smallest absolute Gasteiger partial charge is 0.425 e. The lowest BCUT2D eigenvalue weighted by Gasteiger charge is -2.20. The molecule has 37 heavy (non-hydrogen) atoms. The Morgan fingerprint density at radius 3 is 2.49 bits per heavy atom. The van der Waals surface area contributed by atoms with E-state index >= 15 is 0 Å². The SMILES string of the molecule is C[C@H](Oc1ccc(-c2nc(-c3cccc4c3ccn4CC(=O)N(C)C)no2)cc1C(F)(F)F)C(F)(F)F. The van der Waals surface area contributed by atoms with Crippen LogP contribution in [0.2, 0.25) is 0 Å². The third kappa shape index (κ3) is 5.39. The maximum Gasteiger partial charge on any atom is 0.425 e. The van der Waals surface area contributed by atoms with Crippen LogP contribution in [0.1, 0.15) is 12.5 Å². The van der Waals surface area contributed by atoms with Gasteiger partial charge in [-0.15, -0.1) is 0 Å². The Hall–Kier alpha value is -4.03. The number of halogens is 6. The van der Waals surface area contributed by atoms with Gasteiger partial charge in [0.25, 0.3) is 5.89 Å². The van der Waals surface area contributed by atoms with Crippen LogP contribution in [-0.4, -0.2) is 51.9 Å². The molecule has 2 heterocycles. The summed E-state index contributed by atoms with van der Waals surface area (Å²) in [5.41, 5.74) is -0.345. The van der Waals surface area contributed by atoms with Crippen LogP contribution in [0, 0.1) is 0 Å². The van der Waals surface area contributed by atoms with Gasteiger partial charge in [0.2, 0.25) is 11.7 Å². The number of carbonyl (C=O) groups excluding carboxylic acids is 1. The monoisotopic (exact) mass is 526 g/mol. The highest BCUT2D eigenvalue weighted by Crippen LogP contribution is 2.40. The summed E-state index contributed by atoms with van der Waals surface area (Å²) in [4.78, 5) is 17.8. The van der Waals surface area contributed by atoms with E-state index in [1.807, 2.05) is 0 Å². The summed E-state index contributed by atoms with van der Waals surface area (Å²) >= 11 is 0. The third-order valence-electron chi connectivity index (χ3n) is 5.58. The van der Waals surface area contributed by atoms with Gasteiger partial charge in [0, 0.05) is 42.3 Å². The number of fused-ring (bicyclic) bond motifs is 1. The topological polar surface area (TPSA) is 73.4 Å². The van der Waals surface area contributed by atoms with E-state index in [4.69, 9.17) is 4.52 Å². The van der Waals surface area contributed by atoms with Crippen molar-refractivity contribution >= 4 is 16.8 Å². The van der Waals surface area contributed by atoms with Gasteiger partial charge in [-0.25, -0.2) is 0 Å². The Morgan fingerprint density at radius 2 is 1.84 bits per heavy atom. The first kappa shape index (κ1) is 26.0. The first-order valence-corrected chi connectivity index (χ1v) is 10.8. The molecule has 0 radical (unpaired) electrons. The zero-order valence-electron chi connectivity index (χ0n) is 19.7. The van der Waals surface area contributed by atoms with Gasteiger partial charge in [0.05, 0.1) is 5.56 Å². The molecule has 1 amide bonds. The fraction of sp³-hybridized carbons (Fsp3) is 0.292. The maximum atomic E-state index is 13.6. The summed E-state index contributed by atoms with van der Waals surface area (Å²) in [6.07, 6.45) is -10.6. The molecule has 7 nitrogen and oxygen atoms in total. The zero-order chi connectivity index (χ0) is 27.1. The Kier molecular flexibility index (Phi) is 6.65. The molecular formula is C24H20F6N4O3. The minimum absolute atomic E-state index is 0.0804. The molecule has 2 aromatic heterocycles. The number of amides is 1. The summed E-state index contributed by atoms with van der Waals surface area (Å²) < 4.78 is 90.8. The number of likely N-dealkylation sites (N-methyl/N-ethyl adjacent to an activating group) is 1. The molecule has 0 aliphatic carbocycles. The van der Waals surface area contributed by atoms with Crippen LogP contribution in [-0.2, 0) is 17.5 Å². The molecule has 2 aromatic carbocycles. The predicted molar refractivity (Wildman–Crippen MR) is 121 cm³/mol. The van der Waals surface area contributed by atoms with Gasteiger partial charge in [-0.3, -0.25) is 4.79 Å². The van der Waals surface area contributed by atoms with Gasteiger partial charge in [0.15, 0.2) is 6.10 Å². The lowest BCUT2D eigenvalue weighted by Crippen LogP contribution is -2.31. The number of hydrogen-bond donors (Lipinski definition) is 0. The molecule has 0 bridgehead atoms. The van der Waals surface area contributed by atoms with Crippen molar-refractivity contribution in [3.05, 3.63) is 54.2 Å². The second kappa shape index (κ2) is 9.45. The Labute approximate surface area is 206 Å². The van der Waals surface area contributed by atoms with Crippen LogP contribution in [0.3, 0.4) is 0 Å². The molecule has 0 saturated heterocycles. The Bertz CT molecular complexity index is 1440. The third-order valence-corrected chi connectivity index (χ3v) is 5.58. The highest BCUT2D eigenvalue weighted by Gasteiger charge is 2.41. The van der Waals surface area contributed by atoms with Crippen molar-refractivity contribution in [1.29, 1.82) is 0 Å². The van der Waals surface area contributed by atoms with E-state index in [2.05, 4.69) is 14.9 Å². The lowest BCUT2D eigenvalue weighted by molar-refractivity contribution is -0.191. The molecule has 13 heteroatoms. The van der Waals surface area contributed by atoms with Crippen LogP contribution in [0.5, 0.6) is 5.75 Å². The first-order chi connectivity index (χ1) is 17.3. The van der Waals surface area contributed by atoms with Crippen LogP contribution in [0.15, 0.2) is 53.2 Å². The van der Waals surface area contributed by atoms with Gasteiger partial charge >= 0.3 is 12.4 Å². The molecule has 0 N–H and O–H groups in total. The summed E-state index contributed by atoms with van der Waals surface area (Å²) in [7, 11) is 3.28. The van der Waals surface area contributed by atoms with E-state index in [1.165, 1.54) is 4.90 Å². The molecule has 0 spiro atoms. The van der Waals surface area contributed by atoms with Crippen molar-refractivity contribution in [3.8, 4) is 28.6 Å². The molecule has 4 rings (SSSR count). The van der Waals surface area contributed by atoms with E-state index in [0.29, 0.717) is 29.5 Å². The van der Waals surface area contributed by atoms with E-state index in [9.17, 15) is 31.1 Å². The van der Waals surface area contributed by atoms with E-state index in [1.54, 1.807) is 49.1 Å². The number of benzene rings is 2.